The fourth-order valence-corrected chi connectivity index (χ4v) is 2.59. The van der Waals surface area contributed by atoms with Crippen molar-refractivity contribution >= 4 is 17.1 Å². The van der Waals surface area contributed by atoms with Gasteiger partial charge in [-0.2, -0.15) is 0 Å². The van der Waals surface area contributed by atoms with Crippen LogP contribution in [0.2, 0.25) is 0 Å². The lowest BCUT2D eigenvalue weighted by molar-refractivity contribution is 0.0241. The first-order valence-corrected chi connectivity index (χ1v) is 6.05. The quantitative estimate of drug-likeness (QED) is 0.794. The van der Waals surface area contributed by atoms with Crippen molar-refractivity contribution < 1.29 is 9.53 Å². The number of thiophene rings is 1. The smallest absolute Gasteiger partial charge is 0.175 e. The maximum atomic E-state index is 11.9. The van der Waals surface area contributed by atoms with Gasteiger partial charge in [-0.05, 0) is 23.9 Å². The third-order valence-corrected chi connectivity index (χ3v) is 3.59. The average Bonchev–Trinajstić information content (AvgIpc) is 2.66. The zero-order valence-electron chi connectivity index (χ0n) is 8.79. The van der Waals surface area contributed by atoms with Crippen molar-refractivity contribution in [1.82, 2.24) is 5.32 Å². The molecular weight excluding hydrogens is 210 g/mol. The molecule has 1 N–H and O–H groups in total. The summed E-state index contributed by atoms with van der Waals surface area (Å²) in [6.45, 7) is 4.37. The fourth-order valence-electron chi connectivity index (χ4n) is 1.71. The largest absolute Gasteiger partial charge is 0.375 e. The predicted molar refractivity (Wildman–Crippen MR) is 60.6 cm³/mol. The van der Waals surface area contributed by atoms with E-state index in [0.717, 1.165) is 23.5 Å². The van der Waals surface area contributed by atoms with E-state index in [0.29, 0.717) is 13.0 Å². The van der Waals surface area contributed by atoms with E-state index in [2.05, 4.69) is 5.32 Å². The SMILES string of the molecule is Cc1ccsc1C(=O)CC1CNCCO1. The van der Waals surface area contributed by atoms with E-state index >= 15 is 0 Å². The highest BCUT2D eigenvalue weighted by Crippen LogP contribution is 2.19. The number of hydrogen-bond donors (Lipinski definition) is 1. The molecule has 0 aliphatic carbocycles. The molecule has 1 aromatic rings. The third-order valence-electron chi connectivity index (χ3n) is 2.53. The summed E-state index contributed by atoms with van der Waals surface area (Å²) in [6.07, 6.45) is 0.543. The molecule has 0 radical (unpaired) electrons. The van der Waals surface area contributed by atoms with Crippen molar-refractivity contribution in [3.05, 3.63) is 21.9 Å². The minimum absolute atomic E-state index is 0.0488. The Morgan fingerprint density at radius 2 is 2.60 bits per heavy atom. The molecule has 1 aliphatic heterocycles. The molecule has 1 fully saturated rings. The number of nitrogens with one attached hydrogen (secondary N) is 1. The normalized spacial score (nSPS) is 21.5. The first kappa shape index (κ1) is 10.8. The molecular formula is C11H15NO2S. The maximum Gasteiger partial charge on any atom is 0.175 e. The van der Waals surface area contributed by atoms with Crippen LogP contribution in [-0.4, -0.2) is 31.6 Å². The van der Waals surface area contributed by atoms with Gasteiger partial charge in [0, 0.05) is 19.5 Å². The lowest BCUT2D eigenvalue weighted by Crippen LogP contribution is -2.39. The number of ketones is 1. The van der Waals surface area contributed by atoms with Crippen molar-refractivity contribution in [1.29, 1.82) is 0 Å². The second-order valence-electron chi connectivity index (χ2n) is 3.76. The highest BCUT2D eigenvalue weighted by molar-refractivity contribution is 7.12. The van der Waals surface area contributed by atoms with Crippen LogP contribution >= 0.6 is 11.3 Å². The van der Waals surface area contributed by atoms with Crippen molar-refractivity contribution in [2.24, 2.45) is 0 Å². The average molecular weight is 225 g/mol. The molecule has 82 valence electrons. The van der Waals surface area contributed by atoms with Gasteiger partial charge >= 0.3 is 0 Å². The minimum Gasteiger partial charge on any atom is -0.375 e. The van der Waals surface area contributed by atoms with Crippen LogP contribution in [0.15, 0.2) is 11.4 Å². The fraction of sp³-hybridized carbons (Fsp3) is 0.545. The molecule has 1 aliphatic rings. The Morgan fingerprint density at radius 1 is 1.73 bits per heavy atom. The Balaban J connectivity index is 1.94. The molecule has 0 amide bonds. The number of rotatable bonds is 3. The van der Waals surface area contributed by atoms with E-state index in [1.54, 1.807) is 0 Å². The Kier molecular flexibility index (Phi) is 3.51. The van der Waals surface area contributed by atoms with Gasteiger partial charge in [0.2, 0.25) is 0 Å². The number of Topliss-reactive ketones (excluding diaryl/α,β-unsaturated/α-hetero) is 1. The van der Waals surface area contributed by atoms with E-state index < -0.39 is 0 Å². The second-order valence-corrected chi connectivity index (χ2v) is 4.67. The molecule has 4 heteroatoms. The van der Waals surface area contributed by atoms with Crippen molar-refractivity contribution in [2.75, 3.05) is 19.7 Å². The van der Waals surface area contributed by atoms with Gasteiger partial charge in [-0.15, -0.1) is 11.3 Å². The minimum atomic E-state index is 0.0488. The zero-order chi connectivity index (χ0) is 10.7. The van der Waals surface area contributed by atoms with Crippen LogP contribution in [-0.2, 0) is 4.74 Å². The lowest BCUT2D eigenvalue weighted by atomic mass is 10.1. The third kappa shape index (κ3) is 2.65. The highest BCUT2D eigenvalue weighted by atomic mass is 32.1. The molecule has 1 atom stereocenters. The van der Waals surface area contributed by atoms with Crippen LogP contribution in [0.1, 0.15) is 21.7 Å². The molecule has 0 aromatic carbocycles. The standard InChI is InChI=1S/C11H15NO2S/c1-8-2-5-15-11(8)10(13)6-9-7-12-3-4-14-9/h2,5,9,12H,3-4,6-7H2,1H3. The predicted octanol–water partition coefficient (Wildman–Crippen LogP) is 1.62. The van der Waals surface area contributed by atoms with E-state index in [-0.39, 0.29) is 11.9 Å². The summed E-state index contributed by atoms with van der Waals surface area (Å²) in [7, 11) is 0. The Bertz CT molecular complexity index is 342. The Hall–Kier alpha value is -0.710. The van der Waals surface area contributed by atoms with Crippen LogP contribution in [0.25, 0.3) is 0 Å². The molecule has 2 heterocycles. The molecule has 0 bridgehead atoms. The highest BCUT2D eigenvalue weighted by Gasteiger charge is 2.19. The van der Waals surface area contributed by atoms with Crippen molar-refractivity contribution in [3.63, 3.8) is 0 Å². The van der Waals surface area contributed by atoms with Crippen LogP contribution in [0, 0.1) is 6.92 Å². The van der Waals surface area contributed by atoms with Gasteiger partial charge in [-0.1, -0.05) is 0 Å². The Labute approximate surface area is 93.4 Å². The number of ether oxygens (including phenoxy) is 1. The summed E-state index contributed by atoms with van der Waals surface area (Å²) in [5.74, 6) is 0.205. The van der Waals surface area contributed by atoms with Gasteiger partial charge in [-0.3, -0.25) is 4.79 Å². The van der Waals surface area contributed by atoms with Crippen molar-refractivity contribution in [3.8, 4) is 0 Å². The number of morpholine rings is 1. The molecule has 1 saturated heterocycles. The van der Waals surface area contributed by atoms with Crippen LogP contribution in [0.5, 0.6) is 0 Å². The lowest BCUT2D eigenvalue weighted by Gasteiger charge is -2.22. The molecule has 1 unspecified atom stereocenters. The number of hydrogen-bond acceptors (Lipinski definition) is 4. The Morgan fingerprint density at radius 3 is 3.20 bits per heavy atom. The molecule has 0 saturated carbocycles. The second kappa shape index (κ2) is 4.88. The zero-order valence-corrected chi connectivity index (χ0v) is 9.60. The number of aryl methyl sites for hydroxylation is 1. The maximum absolute atomic E-state index is 11.9. The van der Waals surface area contributed by atoms with Crippen LogP contribution in [0.4, 0.5) is 0 Å². The van der Waals surface area contributed by atoms with Gasteiger partial charge < -0.3 is 10.1 Å². The van der Waals surface area contributed by atoms with E-state index in [1.165, 1.54) is 11.3 Å². The van der Waals surface area contributed by atoms with Crippen LogP contribution < -0.4 is 5.32 Å². The van der Waals surface area contributed by atoms with Gasteiger partial charge in [0.1, 0.15) is 0 Å². The van der Waals surface area contributed by atoms with Gasteiger partial charge in [-0.25, -0.2) is 0 Å². The van der Waals surface area contributed by atoms with Crippen molar-refractivity contribution in [2.45, 2.75) is 19.4 Å². The summed E-state index contributed by atoms with van der Waals surface area (Å²) in [6, 6.07) is 1.98. The topological polar surface area (TPSA) is 38.3 Å². The van der Waals surface area contributed by atoms with E-state index in [1.807, 2.05) is 18.4 Å². The van der Waals surface area contributed by atoms with Gasteiger partial charge in [0.15, 0.2) is 5.78 Å². The summed E-state index contributed by atoms with van der Waals surface area (Å²) < 4.78 is 5.51. The molecule has 0 spiro atoms. The van der Waals surface area contributed by atoms with Gasteiger partial charge in [0.05, 0.1) is 17.6 Å². The molecule has 2 rings (SSSR count). The molecule has 15 heavy (non-hydrogen) atoms. The molecule has 1 aromatic heterocycles. The first-order chi connectivity index (χ1) is 7.27. The number of carbonyl (C=O) groups is 1. The summed E-state index contributed by atoms with van der Waals surface area (Å²) in [5.41, 5.74) is 1.08. The molecule has 3 nitrogen and oxygen atoms in total. The summed E-state index contributed by atoms with van der Waals surface area (Å²) in [4.78, 5) is 12.8. The van der Waals surface area contributed by atoms with E-state index in [9.17, 15) is 4.79 Å². The van der Waals surface area contributed by atoms with E-state index in [4.69, 9.17) is 4.74 Å². The monoisotopic (exact) mass is 225 g/mol. The van der Waals surface area contributed by atoms with Gasteiger partial charge in [0.25, 0.3) is 0 Å². The first-order valence-electron chi connectivity index (χ1n) is 5.17. The summed E-state index contributed by atoms with van der Waals surface area (Å²) >= 11 is 1.52. The summed E-state index contributed by atoms with van der Waals surface area (Å²) in [5, 5.41) is 5.19. The van der Waals surface area contributed by atoms with Crippen LogP contribution in [0.3, 0.4) is 0 Å². The number of carbonyl (C=O) groups excluding carboxylic acids is 1.